The molecule has 1 aromatic heterocycles. The van der Waals surface area contributed by atoms with Gasteiger partial charge in [0.2, 0.25) is 5.95 Å². The van der Waals surface area contributed by atoms with Gasteiger partial charge in [-0.25, -0.2) is 9.97 Å². The zero-order chi connectivity index (χ0) is 18.5. The van der Waals surface area contributed by atoms with Gasteiger partial charge < -0.3 is 20.1 Å². The zero-order valence-corrected chi connectivity index (χ0v) is 14.5. The van der Waals surface area contributed by atoms with E-state index in [1.165, 1.54) is 12.4 Å². The summed E-state index contributed by atoms with van der Waals surface area (Å²) in [6.07, 6.45) is 2.99. The van der Waals surface area contributed by atoms with Crippen molar-refractivity contribution in [3.8, 4) is 11.5 Å². The van der Waals surface area contributed by atoms with E-state index in [1.54, 1.807) is 18.2 Å². The Labute approximate surface area is 156 Å². The number of ether oxygens (including phenoxy) is 2. The van der Waals surface area contributed by atoms with Crippen LogP contribution in [0.15, 0.2) is 60.9 Å². The highest BCUT2D eigenvalue weighted by Crippen LogP contribution is 2.32. The lowest BCUT2D eigenvalue weighted by Crippen LogP contribution is -2.16. The first-order chi connectivity index (χ1) is 13.3. The Morgan fingerprint density at radius 1 is 0.963 bits per heavy atom. The molecule has 3 aromatic rings. The second-order valence-corrected chi connectivity index (χ2v) is 5.95. The van der Waals surface area contributed by atoms with E-state index in [-0.39, 0.29) is 5.91 Å². The van der Waals surface area contributed by atoms with Crippen LogP contribution >= 0.6 is 0 Å². The topological polar surface area (TPSA) is 85.4 Å². The summed E-state index contributed by atoms with van der Waals surface area (Å²) >= 11 is 0. The first kappa shape index (κ1) is 16.8. The van der Waals surface area contributed by atoms with Gasteiger partial charge in [0.05, 0.1) is 5.56 Å². The molecule has 1 aliphatic rings. The first-order valence-corrected chi connectivity index (χ1v) is 8.59. The summed E-state index contributed by atoms with van der Waals surface area (Å²) in [7, 11) is 0. The number of nitrogens with one attached hydrogen (secondary N) is 2. The summed E-state index contributed by atoms with van der Waals surface area (Å²) in [5, 5.41) is 5.94. The van der Waals surface area contributed by atoms with Crippen LogP contribution in [0.25, 0.3) is 0 Å². The highest BCUT2D eigenvalue weighted by atomic mass is 16.6. The van der Waals surface area contributed by atoms with Crippen LogP contribution in [-0.2, 0) is 6.54 Å². The van der Waals surface area contributed by atoms with Crippen molar-refractivity contribution in [1.29, 1.82) is 0 Å². The number of hydrogen-bond donors (Lipinski definition) is 2. The molecule has 27 heavy (non-hydrogen) atoms. The van der Waals surface area contributed by atoms with Gasteiger partial charge in [0.25, 0.3) is 5.91 Å². The minimum absolute atomic E-state index is 0.290. The molecule has 0 saturated heterocycles. The molecule has 4 rings (SSSR count). The predicted molar refractivity (Wildman–Crippen MR) is 101 cm³/mol. The average molecular weight is 362 g/mol. The summed E-state index contributed by atoms with van der Waals surface area (Å²) < 4.78 is 11.0. The van der Waals surface area contributed by atoms with Crippen molar-refractivity contribution in [2.24, 2.45) is 0 Å². The lowest BCUT2D eigenvalue weighted by molar-refractivity contribution is 0.102. The maximum Gasteiger partial charge on any atom is 0.258 e. The molecule has 0 saturated carbocycles. The van der Waals surface area contributed by atoms with E-state index in [9.17, 15) is 4.79 Å². The Bertz CT molecular complexity index is 930. The SMILES string of the molecule is O=C(Nc1ccc2c(c1)OCCO2)c1cnc(NCc2ccccc2)nc1. The Morgan fingerprint density at radius 3 is 2.48 bits per heavy atom. The number of amides is 1. The molecule has 2 N–H and O–H groups in total. The molecule has 7 nitrogen and oxygen atoms in total. The number of fused-ring (bicyclic) bond motifs is 1. The quantitative estimate of drug-likeness (QED) is 0.725. The van der Waals surface area contributed by atoms with Gasteiger partial charge in [-0.3, -0.25) is 4.79 Å². The summed E-state index contributed by atoms with van der Waals surface area (Å²) in [6, 6.07) is 15.2. The second kappa shape index (κ2) is 7.74. The van der Waals surface area contributed by atoms with E-state index >= 15 is 0 Å². The van der Waals surface area contributed by atoms with Gasteiger partial charge in [-0.15, -0.1) is 0 Å². The van der Waals surface area contributed by atoms with Crippen molar-refractivity contribution in [3.63, 3.8) is 0 Å². The van der Waals surface area contributed by atoms with E-state index in [0.29, 0.717) is 48.5 Å². The molecule has 0 fully saturated rings. The normalized spacial score (nSPS) is 12.3. The lowest BCUT2D eigenvalue weighted by Gasteiger charge is -2.19. The van der Waals surface area contributed by atoms with Crippen LogP contribution in [0.3, 0.4) is 0 Å². The minimum atomic E-state index is -0.290. The van der Waals surface area contributed by atoms with E-state index in [1.807, 2.05) is 30.3 Å². The van der Waals surface area contributed by atoms with Crippen LogP contribution in [0.5, 0.6) is 11.5 Å². The maximum atomic E-state index is 12.4. The number of rotatable bonds is 5. The third-order valence-corrected chi connectivity index (χ3v) is 4.01. The fourth-order valence-electron chi connectivity index (χ4n) is 2.64. The van der Waals surface area contributed by atoms with Gasteiger partial charge in [-0.2, -0.15) is 0 Å². The predicted octanol–water partition coefficient (Wildman–Crippen LogP) is 3.11. The number of hydrogen-bond acceptors (Lipinski definition) is 6. The number of benzene rings is 2. The molecule has 1 aliphatic heterocycles. The largest absolute Gasteiger partial charge is 0.486 e. The molecule has 0 radical (unpaired) electrons. The molecule has 0 aliphatic carbocycles. The van der Waals surface area contributed by atoms with Crippen LogP contribution in [0.4, 0.5) is 11.6 Å². The standard InChI is InChI=1S/C20H18N4O3/c25-19(24-16-6-7-17-18(10-16)27-9-8-26-17)15-12-22-20(23-13-15)21-11-14-4-2-1-3-5-14/h1-7,10,12-13H,8-9,11H2,(H,24,25)(H,21,22,23). The van der Waals surface area contributed by atoms with Crippen molar-refractivity contribution < 1.29 is 14.3 Å². The summed E-state index contributed by atoms with van der Waals surface area (Å²) in [6.45, 7) is 1.64. The molecule has 0 atom stereocenters. The average Bonchev–Trinajstić information content (AvgIpc) is 2.73. The zero-order valence-electron chi connectivity index (χ0n) is 14.5. The Morgan fingerprint density at radius 2 is 1.70 bits per heavy atom. The van der Waals surface area contributed by atoms with Gasteiger partial charge in [-0.05, 0) is 17.7 Å². The molecule has 136 valence electrons. The number of carbonyl (C=O) groups is 1. The van der Waals surface area contributed by atoms with Crippen LogP contribution in [0, 0.1) is 0 Å². The summed E-state index contributed by atoms with van der Waals surface area (Å²) in [4.78, 5) is 20.8. The van der Waals surface area contributed by atoms with Crippen LogP contribution in [0.1, 0.15) is 15.9 Å². The van der Waals surface area contributed by atoms with Crippen molar-refractivity contribution in [2.75, 3.05) is 23.8 Å². The van der Waals surface area contributed by atoms with E-state index < -0.39 is 0 Å². The third-order valence-electron chi connectivity index (χ3n) is 4.01. The molecule has 0 bridgehead atoms. The Hall–Kier alpha value is -3.61. The summed E-state index contributed by atoms with van der Waals surface area (Å²) in [5.41, 5.74) is 2.12. The maximum absolute atomic E-state index is 12.4. The lowest BCUT2D eigenvalue weighted by atomic mass is 10.2. The molecule has 1 amide bonds. The number of carbonyl (C=O) groups excluding carboxylic acids is 1. The van der Waals surface area contributed by atoms with Crippen molar-refractivity contribution in [3.05, 3.63) is 72.1 Å². The molecule has 0 unspecified atom stereocenters. The first-order valence-electron chi connectivity index (χ1n) is 8.59. The number of nitrogens with zero attached hydrogens (tertiary/aromatic N) is 2. The van der Waals surface area contributed by atoms with Crippen molar-refractivity contribution in [1.82, 2.24) is 9.97 Å². The van der Waals surface area contributed by atoms with Crippen LogP contribution in [-0.4, -0.2) is 29.1 Å². The monoisotopic (exact) mass is 362 g/mol. The fraction of sp³-hybridized carbons (Fsp3) is 0.150. The minimum Gasteiger partial charge on any atom is -0.486 e. The third kappa shape index (κ3) is 4.14. The fourth-order valence-corrected chi connectivity index (χ4v) is 2.64. The van der Waals surface area contributed by atoms with Gasteiger partial charge in [0, 0.05) is 30.7 Å². The molecular weight excluding hydrogens is 344 g/mol. The van der Waals surface area contributed by atoms with E-state index in [4.69, 9.17) is 9.47 Å². The van der Waals surface area contributed by atoms with Gasteiger partial charge in [0.1, 0.15) is 13.2 Å². The molecule has 7 heteroatoms. The Balaban J connectivity index is 1.37. The van der Waals surface area contributed by atoms with Crippen molar-refractivity contribution >= 4 is 17.5 Å². The highest BCUT2D eigenvalue weighted by Gasteiger charge is 2.14. The highest BCUT2D eigenvalue weighted by molar-refractivity contribution is 6.04. The Kier molecular flexibility index (Phi) is 4.82. The summed E-state index contributed by atoms with van der Waals surface area (Å²) in [5.74, 6) is 1.48. The molecule has 0 spiro atoms. The smallest absolute Gasteiger partial charge is 0.258 e. The number of aromatic nitrogens is 2. The number of anilines is 2. The van der Waals surface area contributed by atoms with Crippen LogP contribution < -0.4 is 20.1 Å². The van der Waals surface area contributed by atoms with Gasteiger partial charge in [-0.1, -0.05) is 30.3 Å². The van der Waals surface area contributed by atoms with E-state index in [0.717, 1.165) is 5.56 Å². The van der Waals surface area contributed by atoms with E-state index in [2.05, 4.69) is 20.6 Å². The van der Waals surface area contributed by atoms with Gasteiger partial charge >= 0.3 is 0 Å². The van der Waals surface area contributed by atoms with Crippen LogP contribution in [0.2, 0.25) is 0 Å². The second-order valence-electron chi connectivity index (χ2n) is 5.95. The van der Waals surface area contributed by atoms with Gasteiger partial charge in [0.15, 0.2) is 11.5 Å². The molecule has 2 aromatic carbocycles. The molecular formula is C20H18N4O3. The van der Waals surface area contributed by atoms with Crippen molar-refractivity contribution in [2.45, 2.75) is 6.54 Å². The molecule has 2 heterocycles.